The number of rotatable bonds is 9. The first-order valence-corrected chi connectivity index (χ1v) is 18.8. The molecule has 1 amide bonds. The maximum atomic E-state index is 13.8. The summed E-state index contributed by atoms with van der Waals surface area (Å²) in [6, 6.07) is 25.7. The van der Waals surface area contributed by atoms with E-state index in [4.69, 9.17) is 39.5 Å². The molecule has 0 aromatic heterocycles. The molecule has 11 heteroatoms. The van der Waals surface area contributed by atoms with E-state index in [1.54, 1.807) is 47.4 Å². The number of nitrogens with zero attached hydrogens (tertiary/aromatic N) is 2. The molecule has 7 nitrogen and oxygen atoms in total. The Morgan fingerprint density at radius 1 is 0.857 bits per heavy atom. The first-order chi connectivity index (χ1) is 23.4. The van der Waals surface area contributed by atoms with Crippen molar-refractivity contribution in [3.8, 4) is 11.5 Å². The van der Waals surface area contributed by atoms with Crippen LogP contribution in [-0.4, -0.2) is 56.8 Å². The van der Waals surface area contributed by atoms with Crippen molar-refractivity contribution in [1.82, 2.24) is 9.80 Å². The number of anilines is 1. The van der Waals surface area contributed by atoms with E-state index in [0.717, 1.165) is 30.8 Å². The van der Waals surface area contributed by atoms with Crippen molar-refractivity contribution in [2.45, 2.75) is 38.0 Å². The predicted octanol–water partition coefficient (Wildman–Crippen LogP) is 9.66. The van der Waals surface area contributed by atoms with Crippen LogP contribution in [0.5, 0.6) is 11.5 Å². The number of carbonyl (C=O) groups excluding carboxylic acids is 1. The summed E-state index contributed by atoms with van der Waals surface area (Å²) in [6.45, 7) is 7.93. The Morgan fingerprint density at radius 2 is 1.53 bits per heavy atom. The number of benzene rings is 4. The molecule has 1 saturated heterocycles. The summed E-state index contributed by atoms with van der Waals surface area (Å²) in [5.74, 6) is 0.614. The van der Waals surface area contributed by atoms with Gasteiger partial charge in [-0.3, -0.25) is 14.4 Å². The average Bonchev–Trinajstić information content (AvgIpc) is 3.08. The Kier molecular flexibility index (Phi) is 10.6. The van der Waals surface area contributed by atoms with Crippen LogP contribution in [0.1, 0.15) is 49.0 Å². The monoisotopic (exact) mass is 737 g/mol. The largest absolute Gasteiger partial charge is 0.456 e. The van der Waals surface area contributed by atoms with Crippen LogP contribution in [0.25, 0.3) is 5.57 Å². The van der Waals surface area contributed by atoms with Gasteiger partial charge >= 0.3 is 0 Å². The Labute approximate surface area is 303 Å². The topological polar surface area (TPSA) is 79.0 Å². The molecule has 6 rings (SSSR count). The fraction of sp³-hybridized carbons (Fsp3) is 0.289. The van der Waals surface area contributed by atoms with Gasteiger partial charge in [-0.1, -0.05) is 78.5 Å². The molecule has 1 aliphatic carbocycles. The van der Waals surface area contributed by atoms with Crippen LogP contribution in [-0.2, 0) is 10.0 Å². The molecule has 0 bridgehead atoms. The number of carbonyl (C=O) groups is 1. The minimum absolute atomic E-state index is 0.0133. The first-order valence-electron chi connectivity index (χ1n) is 16.2. The van der Waals surface area contributed by atoms with Gasteiger partial charge < -0.3 is 9.64 Å². The van der Waals surface area contributed by atoms with E-state index in [-0.39, 0.29) is 27.5 Å². The Bertz CT molecular complexity index is 1970. The van der Waals surface area contributed by atoms with Crippen LogP contribution >= 0.6 is 34.8 Å². The highest BCUT2D eigenvalue weighted by atomic mass is 35.5. The van der Waals surface area contributed by atoms with Gasteiger partial charge in [-0.2, -0.15) is 0 Å². The number of halogens is 3. The fourth-order valence-corrected chi connectivity index (χ4v) is 7.89. The minimum Gasteiger partial charge on any atom is -0.456 e. The second kappa shape index (κ2) is 14.8. The number of piperazine rings is 1. The molecule has 0 spiro atoms. The van der Waals surface area contributed by atoms with E-state index in [1.165, 1.54) is 41.0 Å². The molecule has 2 aliphatic rings. The SMILES string of the molecule is CC1(C)CCC(CN2CCN(C(=O)c3cc(Cl)ccc3NS(=O)(=O)c3ccc(Oc4ccccc4Cl)cc3)CC2)=C(c2ccc(Cl)cc2)C1. The molecule has 1 heterocycles. The van der Waals surface area contributed by atoms with Crippen molar-refractivity contribution < 1.29 is 17.9 Å². The van der Waals surface area contributed by atoms with Crippen molar-refractivity contribution in [2.75, 3.05) is 37.4 Å². The van der Waals surface area contributed by atoms with Crippen molar-refractivity contribution >= 4 is 62.0 Å². The predicted molar refractivity (Wildman–Crippen MR) is 199 cm³/mol. The molecule has 1 fully saturated rings. The lowest BCUT2D eigenvalue weighted by atomic mass is 9.72. The van der Waals surface area contributed by atoms with Crippen molar-refractivity contribution in [1.29, 1.82) is 0 Å². The third-order valence-electron chi connectivity index (χ3n) is 9.11. The lowest BCUT2D eigenvalue weighted by Crippen LogP contribution is -2.49. The zero-order valence-corrected chi connectivity index (χ0v) is 30.5. The van der Waals surface area contributed by atoms with Gasteiger partial charge in [-0.15, -0.1) is 0 Å². The van der Waals surface area contributed by atoms with Crippen LogP contribution in [0.2, 0.25) is 15.1 Å². The maximum absolute atomic E-state index is 13.8. The molecule has 0 radical (unpaired) electrons. The van der Waals surface area contributed by atoms with E-state index in [0.29, 0.717) is 47.7 Å². The number of nitrogens with one attached hydrogen (secondary N) is 1. The summed E-state index contributed by atoms with van der Waals surface area (Å²) < 4.78 is 35.3. The van der Waals surface area contributed by atoms with Crippen molar-refractivity contribution in [2.24, 2.45) is 5.41 Å². The Balaban J connectivity index is 1.13. The van der Waals surface area contributed by atoms with Crippen molar-refractivity contribution in [3.63, 3.8) is 0 Å². The number of allylic oxidation sites excluding steroid dienone is 1. The van der Waals surface area contributed by atoms with E-state index in [9.17, 15) is 13.2 Å². The van der Waals surface area contributed by atoms with Crippen LogP contribution in [0.15, 0.2) is 101 Å². The molecule has 0 saturated carbocycles. The smallest absolute Gasteiger partial charge is 0.261 e. The maximum Gasteiger partial charge on any atom is 0.261 e. The summed E-state index contributed by atoms with van der Waals surface area (Å²) >= 11 is 18.7. The van der Waals surface area contributed by atoms with E-state index < -0.39 is 10.0 Å². The summed E-state index contributed by atoms with van der Waals surface area (Å²) in [7, 11) is -4.04. The molecule has 4 aromatic rings. The first kappa shape index (κ1) is 35.3. The van der Waals surface area contributed by atoms with Crippen LogP contribution in [0, 0.1) is 5.41 Å². The van der Waals surface area contributed by atoms with Crippen LogP contribution < -0.4 is 9.46 Å². The van der Waals surface area contributed by atoms with Gasteiger partial charge in [0.1, 0.15) is 11.5 Å². The van der Waals surface area contributed by atoms with Gasteiger partial charge in [-0.25, -0.2) is 8.42 Å². The molecule has 0 atom stereocenters. The molecule has 0 unspecified atom stereocenters. The quantitative estimate of drug-likeness (QED) is 0.185. The van der Waals surface area contributed by atoms with Gasteiger partial charge in [0.25, 0.3) is 15.9 Å². The number of hydrogen-bond acceptors (Lipinski definition) is 5. The zero-order valence-electron chi connectivity index (χ0n) is 27.4. The van der Waals surface area contributed by atoms with E-state index >= 15 is 0 Å². The van der Waals surface area contributed by atoms with Gasteiger partial charge in [0.2, 0.25) is 0 Å². The van der Waals surface area contributed by atoms with E-state index in [2.05, 4.69) is 35.6 Å². The van der Waals surface area contributed by atoms with Crippen molar-refractivity contribution in [3.05, 3.63) is 123 Å². The van der Waals surface area contributed by atoms with Crippen LogP contribution in [0.3, 0.4) is 0 Å². The number of ether oxygens (including phenoxy) is 1. The lowest BCUT2D eigenvalue weighted by molar-refractivity contribution is 0.0647. The van der Waals surface area contributed by atoms with Gasteiger partial charge in [0.05, 0.1) is 21.2 Å². The Hall–Kier alpha value is -3.53. The molecule has 49 heavy (non-hydrogen) atoms. The van der Waals surface area contributed by atoms with Gasteiger partial charge in [0.15, 0.2) is 0 Å². The molecule has 256 valence electrons. The van der Waals surface area contributed by atoms with Gasteiger partial charge in [0, 0.05) is 42.8 Å². The average molecular weight is 739 g/mol. The number of amides is 1. The second-order valence-corrected chi connectivity index (χ2v) is 16.3. The molecule has 1 aliphatic heterocycles. The third-order valence-corrected chi connectivity index (χ3v) is 11.3. The zero-order chi connectivity index (χ0) is 34.8. The second-order valence-electron chi connectivity index (χ2n) is 13.3. The highest BCUT2D eigenvalue weighted by molar-refractivity contribution is 7.92. The highest BCUT2D eigenvalue weighted by Gasteiger charge is 2.31. The standard InChI is InChI=1S/C38H38Cl3N3O4S/c1-38(2)18-17-27(33(24-38)26-7-9-28(39)10-8-26)25-43-19-21-44(22-20-43)37(45)32-23-29(40)11-16-35(32)42-49(46,47)31-14-12-30(13-15-31)48-36-6-4-3-5-34(36)41/h3-16,23,42H,17-22,24-25H2,1-2H3. The van der Waals surface area contributed by atoms with E-state index in [1.807, 2.05) is 12.1 Å². The number of sulfonamides is 1. The number of hydrogen-bond donors (Lipinski definition) is 1. The van der Waals surface area contributed by atoms with Gasteiger partial charge in [-0.05, 0) is 103 Å². The summed E-state index contributed by atoms with van der Waals surface area (Å²) in [6.07, 6.45) is 3.18. The molecular weight excluding hydrogens is 701 g/mol. The normalized spacial score (nSPS) is 16.8. The Morgan fingerprint density at radius 3 is 2.22 bits per heavy atom. The third kappa shape index (κ3) is 8.62. The summed E-state index contributed by atoms with van der Waals surface area (Å²) in [5, 5.41) is 1.51. The number of para-hydroxylation sites is 1. The highest BCUT2D eigenvalue weighted by Crippen LogP contribution is 2.43. The van der Waals surface area contributed by atoms with Crippen LogP contribution in [0.4, 0.5) is 5.69 Å². The fourth-order valence-electron chi connectivity index (χ4n) is 6.34. The molecular formula is C38H38Cl3N3O4S. The summed E-state index contributed by atoms with van der Waals surface area (Å²) in [5.41, 5.74) is 4.65. The summed E-state index contributed by atoms with van der Waals surface area (Å²) in [4.78, 5) is 18.0. The molecule has 1 N–H and O–H groups in total. The molecule has 4 aromatic carbocycles. The minimum atomic E-state index is -4.04. The lowest BCUT2D eigenvalue weighted by Gasteiger charge is -2.38.